The number of nitrogens with zero attached hydrogens (tertiary/aromatic N) is 2. The van der Waals surface area contributed by atoms with Gasteiger partial charge >= 0.3 is 0 Å². The van der Waals surface area contributed by atoms with E-state index in [0.29, 0.717) is 13.2 Å². The Labute approximate surface area is 158 Å². The summed E-state index contributed by atoms with van der Waals surface area (Å²) in [4.78, 5) is 8.86. The molecule has 2 N–H and O–H groups in total. The van der Waals surface area contributed by atoms with Gasteiger partial charge in [-0.1, -0.05) is 42.1 Å². The number of rotatable bonds is 11. The number of ether oxygens (including phenoxy) is 1. The number of thioether (sulfide) groups is 1. The highest BCUT2D eigenvalue weighted by atomic mass is 32.2. The maximum Gasteiger partial charge on any atom is 0.191 e. The molecule has 1 heterocycles. The van der Waals surface area contributed by atoms with E-state index in [1.807, 2.05) is 29.8 Å². The molecule has 0 saturated heterocycles. The largest absolute Gasteiger partial charge is 0.375 e. The van der Waals surface area contributed by atoms with E-state index < -0.39 is 0 Å². The van der Waals surface area contributed by atoms with Crippen molar-refractivity contribution in [2.24, 2.45) is 4.99 Å². The number of benzene rings is 1. The average Bonchev–Trinajstić information content (AvgIpc) is 3.15. The topological polar surface area (TPSA) is 58.5 Å². The third-order valence-electron chi connectivity index (χ3n) is 3.20. The molecule has 0 bridgehead atoms. The van der Waals surface area contributed by atoms with Crippen LogP contribution in [0.1, 0.15) is 18.9 Å². The molecular formula is C18H26N4OS2. The van der Waals surface area contributed by atoms with Crippen molar-refractivity contribution in [3.8, 4) is 0 Å². The van der Waals surface area contributed by atoms with E-state index in [1.54, 1.807) is 23.1 Å². The molecule has 0 unspecified atom stereocenters. The van der Waals surface area contributed by atoms with Crippen molar-refractivity contribution in [1.82, 2.24) is 15.6 Å². The van der Waals surface area contributed by atoms with Gasteiger partial charge in [0.25, 0.3) is 0 Å². The molecule has 0 aliphatic rings. The monoisotopic (exact) mass is 378 g/mol. The Morgan fingerprint density at radius 1 is 1.28 bits per heavy atom. The first-order chi connectivity index (χ1) is 12.4. The Kier molecular flexibility index (Phi) is 10.1. The lowest BCUT2D eigenvalue weighted by Gasteiger charge is -2.11. The van der Waals surface area contributed by atoms with Crippen LogP contribution in [0.4, 0.5) is 0 Å². The van der Waals surface area contributed by atoms with Gasteiger partial charge in [0, 0.05) is 37.0 Å². The number of aromatic nitrogens is 1. The standard InChI is InChI=1S/C18H26N4OS2/c1-2-19-17(20-9-6-13-24-18-22-11-14-25-18)21-10-12-23-15-16-7-4-3-5-8-16/h3-5,7-8,11,14H,2,6,9-10,12-13,15H2,1H3,(H2,19,20,21). The Morgan fingerprint density at radius 3 is 2.92 bits per heavy atom. The van der Waals surface area contributed by atoms with E-state index in [9.17, 15) is 0 Å². The number of aliphatic imine (C=N–C) groups is 1. The molecule has 0 aliphatic heterocycles. The fraction of sp³-hybridized carbons (Fsp3) is 0.444. The summed E-state index contributed by atoms with van der Waals surface area (Å²) in [5.41, 5.74) is 1.20. The number of hydrogen-bond donors (Lipinski definition) is 2. The maximum atomic E-state index is 5.68. The lowest BCUT2D eigenvalue weighted by molar-refractivity contribution is 0.125. The molecule has 0 radical (unpaired) electrons. The van der Waals surface area contributed by atoms with Crippen LogP contribution in [-0.2, 0) is 11.3 Å². The van der Waals surface area contributed by atoms with Gasteiger partial charge in [0.05, 0.1) is 13.2 Å². The van der Waals surface area contributed by atoms with Crippen molar-refractivity contribution in [1.29, 1.82) is 0 Å². The van der Waals surface area contributed by atoms with Gasteiger partial charge in [-0.05, 0) is 18.9 Å². The molecule has 0 fully saturated rings. The molecule has 2 aromatic rings. The molecule has 0 amide bonds. The lowest BCUT2D eigenvalue weighted by atomic mass is 10.2. The normalized spacial score (nSPS) is 11.5. The molecule has 2 rings (SSSR count). The summed E-state index contributed by atoms with van der Waals surface area (Å²) in [6.07, 6.45) is 2.88. The van der Waals surface area contributed by atoms with Crippen molar-refractivity contribution in [3.05, 3.63) is 47.5 Å². The van der Waals surface area contributed by atoms with E-state index in [-0.39, 0.29) is 0 Å². The van der Waals surface area contributed by atoms with Crippen molar-refractivity contribution in [3.63, 3.8) is 0 Å². The number of thiazole rings is 1. The number of nitrogens with one attached hydrogen (secondary N) is 2. The Bertz CT molecular complexity index is 590. The molecule has 1 aromatic heterocycles. The van der Waals surface area contributed by atoms with Crippen molar-refractivity contribution < 1.29 is 4.74 Å². The van der Waals surface area contributed by atoms with Gasteiger partial charge < -0.3 is 15.4 Å². The molecule has 7 heteroatoms. The molecule has 0 atom stereocenters. The lowest BCUT2D eigenvalue weighted by Crippen LogP contribution is -2.39. The van der Waals surface area contributed by atoms with Gasteiger partial charge in [-0.3, -0.25) is 4.99 Å². The van der Waals surface area contributed by atoms with E-state index >= 15 is 0 Å². The van der Waals surface area contributed by atoms with Crippen LogP contribution in [0.2, 0.25) is 0 Å². The van der Waals surface area contributed by atoms with E-state index in [0.717, 1.165) is 42.1 Å². The minimum atomic E-state index is 0.643. The van der Waals surface area contributed by atoms with Crippen LogP contribution in [0.5, 0.6) is 0 Å². The second-order valence-corrected chi connectivity index (χ2v) is 7.46. The number of hydrogen-bond acceptors (Lipinski definition) is 5. The Balaban J connectivity index is 1.57. The van der Waals surface area contributed by atoms with Crippen LogP contribution < -0.4 is 10.6 Å². The predicted octanol–water partition coefficient (Wildman–Crippen LogP) is 3.40. The zero-order valence-electron chi connectivity index (χ0n) is 14.6. The quantitative estimate of drug-likeness (QED) is 0.272. The van der Waals surface area contributed by atoms with Crippen molar-refractivity contribution >= 4 is 29.1 Å². The third-order valence-corrected chi connectivity index (χ3v) is 5.25. The molecule has 0 saturated carbocycles. The van der Waals surface area contributed by atoms with Crippen molar-refractivity contribution in [2.75, 3.05) is 32.0 Å². The van der Waals surface area contributed by atoms with Crippen molar-refractivity contribution in [2.45, 2.75) is 24.3 Å². The minimum absolute atomic E-state index is 0.643. The van der Waals surface area contributed by atoms with E-state index in [2.05, 4.69) is 39.7 Å². The summed E-state index contributed by atoms with van der Waals surface area (Å²) in [7, 11) is 0. The van der Waals surface area contributed by atoms with Crippen LogP contribution in [0, 0.1) is 0 Å². The first kappa shape index (κ1) is 19.8. The second-order valence-electron chi connectivity index (χ2n) is 5.23. The van der Waals surface area contributed by atoms with E-state index in [1.165, 1.54) is 5.56 Å². The first-order valence-electron chi connectivity index (χ1n) is 8.54. The molecular weight excluding hydrogens is 352 g/mol. The highest BCUT2D eigenvalue weighted by molar-refractivity contribution is 8.00. The fourth-order valence-corrected chi connectivity index (χ4v) is 3.68. The summed E-state index contributed by atoms with van der Waals surface area (Å²) in [6.45, 7) is 5.76. The van der Waals surface area contributed by atoms with Gasteiger partial charge in [-0.15, -0.1) is 11.3 Å². The van der Waals surface area contributed by atoms with Crippen LogP contribution in [0.15, 0.2) is 51.2 Å². The van der Waals surface area contributed by atoms with Crippen LogP contribution in [-0.4, -0.2) is 42.9 Å². The SMILES string of the molecule is CCNC(=NCCCSc1nccs1)NCCOCc1ccccc1. The fourth-order valence-electron chi connectivity index (χ4n) is 2.04. The van der Waals surface area contributed by atoms with Gasteiger partial charge in [0.2, 0.25) is 0 Å². The minimum Gasteiger partial charge on any atom is -0.375 e. The first-order valence-corrected chi connectivity index (χ1v) is 10.4. The highest BCUT2D eigenvalue weighted by Gasteiger charge is 1.99. The second kappa shape index (κ2) is 12.7. The summed E-state index contributed by atoms with van der Waals surface area (Å²) < 4.78 is 6.81. The molecule has 5 nitrogen and oxygen atoms in total. The predicted molar refractivity (Wildman–Crippen MR) is 108 cm³/mol. The third kappa shape index (κ3) is 8.90. The van der Waals surface area contributed by atoms with Crippen LogP contribution >= 0.6 is 23.1 Å². The zero-order valence-corrected chi connectivity index (χ0v) is 16.2. The van der Waals surface area contributed by atoms with Crippen LogP contribution in [0.25, 0.3) is 0 Å². The summed E-state index contributed by atoms with van der Waals surface area (Å²) in [5.74, 6) is 1.89. The van der Waals surface area contributed by atoms with E-state index in [4.69, 9.17) is 4.74 Å². The smallest absolute Gasteiger partial charge is 0.191 e. The highest BCUT2D eigenvalue weighted by Crippen LogP contribution is 2.20. The zero-order chi connectivity index (χ0) is 17.6. The Morgan fingerprint density at radius 2 is 2.16 bits per heavy atom. The molecule has 136 valence electrons. The molecule has 25 heavy (non-hydrogen) atoms. The van der Waals surface area contributed by atoms with Gasteiger partial charge in [-0.25, -0.2) is 4.98 Å². The molecule has 0 spiro atoms. The number of guanidine groups is 1. The summed E-state index contributed by atoms with van der Waals surface area (Å²) in [6, 6.07) is 10.2. The maximum absolute atomic E-state index is 5.68. The molecule has 0 aliphatic carbocycles. The molecule has 1 aromatic carbocycles. The van der Waals surface area contributed by atoms with Gasteiger partial charge in [-0.2, -0.15) is 0 Å². The van der Waals surface area contributed by atoms with Gasteiger partial charge in [0.1, 0.15) is 4.34 Å². The van der Waals surface area contributed by atoms with Crippen LogP contribution in [0.3, 0.4) is 0 Å². The summed E-state index contributed by atoms with van der Waals surface area (Å²) in [5, 5.41) is 8.58. The summed E-state index contributed by atoms with van der Waals surface area (Å²) >= 11 is 3.48. The average molecular weight is 379 g/mol. The Hall–Kier alpha value is -1.57. The van der Waals surface area contributed by atoms with Gasteiger partial charge in [0.15, 0.2) is 5.96 Å².